The van der Waals surface area contributed by atoms with Crippen LogP contribution >= 0.6 is 0 Å². The van der Waals surface area contributed by atoms with Crippen molar-refractivity contribution in [2.24, 2.45) is 0 Å². The maximum atomic E-state index is 5.31. The van der Waals surface area contributed by atoms with Gasteiger partial charge >= 0.3 is 0 Å². The van der Waals surface area contributed by atoms with Gasteiger partial charge in [0.15, 0.2) is 17.5 Å². The summed E-state index contributed by atoms with van der Waals surface area (Å²) in [7, 11) is 0. The van der Waals surface area contributed by atoms with Gasteiger partial charge in [0.25, 0.3) is 0 Å². The Kier molecular flexibility index (Phi) is 9.10. The zero-order valence-electron chi connectivity index (χ0n) is 33.1. The zero-order valence-corrected chi connectivity index (χ0v) is 33.1. The summed E-state index contributed by atoms with van der Waals surface area (Å²) in [5, 5.41) is 5.63. The normalized spacial score (nSPS) is 11.3. The second kappa shape index (κ2) is 15.5. The van der Waals surface area contributed by atoms with Crippen molar-refractivity contribution in [2.75, 3.05) is 4.90 Å². The van der Waals surface area contributed by atoms with Crippen LogP contribution in [0.5, 0.6) is 0 Å². The Labute approximate surface area is 354 Å². The van der Waals surface area contributed by atoms with Crippen LogP contribution in [-0.4, -0.2) is 19.9 Å². The van der Waals surface area contributed by atoms with E-state index in [0.717, 1.165) is 72.1 Å². The average Bonchev–Trinajstić information content (AvgIpc) is 3.35. The number of aromatic nitrogens is 4. The Hall–Kier alpha value is -8.28. The topological polar surface area (TPSA) is 54.8 Å². The maximum Gasteiger partial charge on any atom is 0.164 e. The van der Waals surface area contributed by atoms with E-state index >= 15 is 0 Å². The summed E-state index contributed by atoms with van der Waals surface area (Å²) in [6, 6.07) is 78.2. The molecule has 286 valence electrons. The summed E-state index contributed by atoms with van der Waals surface area (Å²) >= 11 is 0. The third-order valence-electron chi connectivity index (χ3n) is 11.3. The number of hydrogen-bond donors (Lipinski definition) is 0. The van der Waals surface area contributed by atoms with Crippen LogP contribution in [0.1, 0.15) is 0 Å². The maximum absolute atomic E-state index is 5.31. The molecular weight excluding hydrogens is 743 g/mol. The fourth-order valence-electron chi connectivity index (χ4n) is 8.30. The summed E-state index contributed by atoms with van der Waals surface area (Å²) in [5.41, 5.74) is 11.4. The van der Waals surface area contributed by atoms with Crippen LogP contribution in [0.15, 0.2) is 224 Å². The number of hydrogen-bond acceptors (Lipinski definition) is 5. The SMILES string of the molecule is c1ccc(-c2ccc(N(c3ccccc3)c3ccc(-c4nc5ccccc5c5c4ccc4cc(-c6nc(-c7ccccc7)nc(-c7ccccc7)n6)ccc45)cc3)cc2)cc1. The smallest absolute Gasteiger partial charge is 0.164 e. The lowest BCUT2D eigenvalue weighted by Gasteiger charge is -2.26. The molecule has 11 rings (SSSR count). The molecule has 0 amide bonds. The molecule has 0 radical (unpaired) electrons. The van der Waals surface area contributed by atoms with Crippen LogP contribution in [0.25, 0.3) is 89.0 Å². The monoisotopic (exact) mass is 779 g/mol. The minimum absolute atomic E-state index is 0.631. The highest BCUT2D eigenvalue weighted by Gasteiger charge is 2.18. The van der Waals surface area contributed by atoms with Gasteiger partial charge in [-0.2, -0.15) is 0 Å². The van der Waals surface area contributed by atoms with Crippen molar-refractivity contribution in [1.82, 2.24) is 19.9 Å². The second-order valence-corrected chi connectivity index (χ2v) is 15.1. The van der Waals surface area contributed by atoms with Crippen molar-refractivity contribution in [3.8, 4) is 56.5 Å². The molecule has 2 aromatic heterocycles. The van der Waals surface area contributed by atoms with E-state index in [1.807, 2.05) is 60.7 Å². The molecule has 0 unspecified atom stereocenters. The van der Waals surface area contributed by atoms with Crippen LogP contribution in [0, 0.1) is 0 Å². The fourth-order valence-corrected chi connectivity index (χ4v) is 8.30. The first kappa shape index (κ1) is 35.8. The third kappa shape index (κ3) is 6.84. The first-order valence-electron chi connectivity index (χ1n) is 20.5. The van der Waals surface area contributed by atoms with Gasteiger partial charge in [0.05, 0.1) is 11.2 Å². The van der Waals surface area contributed by atoms with Gasteiger partial charge in [0.1, 0.15) is 0 Å². The zero-order chi connectivity index (χ0) is 40.5. The minimum Gasteiger partial charge on any atom is -0.311 e. The first-order valence-corrected chi connectivity index (χ1v) is 20.5. The van der Waals surface area contributed by atoms with E-state index in [4.69, 9.17) is 19.9 Å². The van der Waals surface area contributed by atoms with E-state index in [1.165, 1.54) is 16.5 Å². The number of para-hydroxylation sites is 2. The molecule has 9 aromatic carbocycles. The predicted molar refractivity (Wildman–Crippen MR) is 252 cm³/mol. The van der Waals surface area contributed by atoms with Crippen molar-refractivity contribution in [1.29, 1.82) is 0 Å². The van der Waals surface area contributed by atoms with E-state index in [1.54, 1.807) is 0 Å². The Morgan fingerprint density at radius 3 is 1.33 bits per heavy atom. The van der Waals surface area contributed by atoms with Gasteiger partial charge in [0, 0.05) is 55.5 Å². The van der Waals surface area contributed by atoms with Crippen molar-refractivity contribution in [3.05, 3.63) is 224 Å². The van der Waals surface area contributed by atoms with E-state index in [2.05, 4.69) is 169 Å². The first-order chi connectivity index (χ1) is 30.2. The average molecular weight is 780 g/mol. The Morgan fingerprint density at radius 2 is 0.721 bits per heavy atom. The molecule has 0 saturated carbocycles. The van der Waals surface area contributed by atoms with Crippen LogP contribution in [0.3, 0.4) is 0 Å². The standard InChI is InChI=1S/C56H37N5/c1-5-15-38(16-6-1)39-25-31-46(32-26-39)61(45-21-11-4-12-22-45)47-33-27-40(28-34-47)53-50-36-29-43-37-44(30-35-48(43)52(50)49-23-13-14-24-51(49)57-53)56-59-54(41-17-7-2-8-18-41)58-55(60-56)42-19-9-3-10-20-42/h1-37H. The minimum atomic E-state index is 0.631. The Morgan fingerprint density at radius 1 is 0.279 bits per heavy atom. The van der Waals surface area contributed by atoms with Crippen LogP contribution in [-0.2, 0) is 0 Å². The molecule has 0 atom stereocenters. The van der Waals surface area contributed by atoms with Crippen LogP contribution in [0.4, 0.5) is 17.1 Å². The van der Waals surface area contributed by atoms with E-state index < -0.39 is 0 Å². The van der Waals surface area contributed by atoms with Crippen LogP contribution < -0.4 is 4.90 Å². The number of nitrogens with zero attached hydrogens (tertiary/aromatic N) is 5. The van der Waals surface area contributed by atoms with Crippen molar-refractivity contribution in [3.63, 3.8) is 0 Å². The predicted octanol–water partition coefficient (Wildman–Crippen LogP) is 14.5. The summed E-state index contributed by atoms with van der Waals surface area (Å²) in [5.74, 6) is 1.92. The number of rotatable bonds is 8. The van der Waals surface area contributed by atoms with Crippen molar-refractivity contribution >= 4 is 49.5 Å². The van der Waals surface area contributed by atoms with Gasteiger partial charge in [0.2, 0.25) is 0 Å². The number of pyridine rings is 1. The van der Waals surface area contributed by atoms with Gasteiger partial charge in [-0.25, -0.2) is 19.9 Å². The Balaban J connectivity index is 1.01. The van der Waals surface area contributed by atoms with E-state index in [-0.39, 0.29) is 0 Å². The Bertz CT molecular complexity index is 3260. The second-order valence-electron chi connectivity index (χ2n) is 15.1. The molecule has 0 aliphatic carbocycles. The molecule has 61 heavy (non-hydrogen) atoms. The highest BCUT2D eigenvalue weighted by atomic mass is 15.1. The molecule has 0 bridgehead atoms. The molecule has 5 nitrogen and oxygen atoms in total. The highest BCUT2D eigenvalue weighted by molar-refractivity contribution is 6.22. The van der Waals surface area contributed by atoms with Gasteiger partial charge in [-0.3, -0.25) is 0 Å². The quantitative estimate of drug-likeness (QED) is 0.144. The van der Waals surface area contributed by atoms with Crippen molar-refractivity contribution < 1.29 is 0 Å². The van der Waals surface area contributed by atoms with Crippen molar-refractivity contribution in [2.45, 2.75) is 0 Å². The van der Waals surface area contributed by atoms with Gasteiger partial charge in [-0.1, -0.05) is 176 Å². The molecule has 0 aliphatic rings. The van der Waals surface area contributed by atoms with E-state index in [9.17, 15) is 0 Å². The van der Waals surface area contributed by atoms with Gasteiger partial charge in [-0.15, -0.1) is 0 Å². The fraction of sp³-hybridized carbons (Fsp3) is 0. The molecule has 2 heterocycles. The summed E-state index contributed by atoms with van der Waals surface area (Å²) in [4.78, 5) is 22.5. The van der Waals surface area contributed by atoms with Gasteiger partial charge < -0.3 is 4.90 Å². The number of benzene rings is 9. The largest absolute Gasteiger partial charge is 0.311 e. The van der Waals surface area contributed by atoms with Gasteiger partial charge in [-0.05, 0) is 70.4 Å². The van der Waals surface area contributed by atoms with E-state index in [0.29, 0.717) is 17.5 Å². The summed E-state index contributed by atoms with van der Waals surface area (Å²) < 4.78 is 0. The lowest BCUT2D eigenvalue weighted by Crippen LogP contribution is -2.09. The number of fused-ring (bicyclic) bond motifs is 5. The molecular formula is C56H37N5. The number of anilines is 3. The van der Waals surface area contributed by atoms with Crippen LogP contribution in [0.2, 0.25) is 0 Å². The molecule has 0 aliphatic heterocycles. The molecule has 0 saturated heterocycles. The third-order valence-corrected chi connectivity index (χ3v) is 11.3. The molecule has 0 N–H and O–H groups in total. The lowest BCUT2D eigenvalue weighted by molar-refractivity contribution is 1.07. The summed E-state index contributed by atoms with van der Waals surface area (Å²) in [6.45, 7) is 0. The molecule has 5 heteroatoms. The summed E-state index contributed by atoms with van der Waals surface area (Å²) in [6.07, 6.45) is 0. The molecule has 0 fully saturated rings. The molecule has 11 aromatic rings. The molecule has 0 spiro atoms. The lowest BCUT2D eigenvalue weighted by atomic mass is 9.94. The highest BCUT2D eigenvalue weighted by Crippen LogP contribution is 2.41.